The highest BCUT2D eigenvalue weighted by atomic mass is 35.5. The minimum atomic E-state index is -5.47. The molecule has 1 heterocycles. The number of nitrogens with zero attached hydrogens (tertiary/aromatic N) is 3. The van der Waals surface area contributed by atoms with Crippen LogP contribution in [0.5, 0.6) is 0 Å². The van der Waals surface area contributed by atoms with E-state index < -0.39 is 76.4 Å². The fourth-order valence-corrected chi connectivity index (χ4v) is 3.20. The van der Waals surface area contributed by atoms with Crippen molar-refractivity contribution in [3.8, 4) is 0 Å². The van der Waals surface area contributed by atoms with Gasteiger partial charge in [-0.25, -0.2) is 9.78 Å². The van der Waals surface area contributed by atoms with Crippen LogP contribution in [0.3, 0.4) is 0 Å². The first-order valence-electron chi connectivity index (χ1n) is 9.46. The summed E-state index contributed by atoms with van der Waals surface area (Å²) in [5.74, 6) is -2.68. The van der Waals surface area contributed by atoms with Crippen LogP contribution < -0.4 is 10.5 Å². The number of hydrogen-bond donors (Lipinski definition) is 0. The number of benzene rings is 1. The Labute approximate surface area is 201 Å². The number of anilines is 2. The van der Waals surface area contributed by atoms with Gasteiger partial charge in [-0.2, -0.15) is 39.5 Å². The number of hydrogen-bond acceptors (Lipinski definition) is 6. The van der Waals surface area contributed by atoms with Gasteiger partial charge in [0.2, 0.25) is 12.2 Å². The van der Waals surface area contributed by atoms with Gasteiger partial charge in [0.1, 0.15) is 0 Å². The maximum Gasteiger partial charge on any atom is 0.433 e. The number of ether oxygens (including phenoxy) is 2. The molecule has 0 aliphatic rings. The van der Waals surface area contributed by atoms with Gasteiger partial charge in [0.15, 0.2) is 5.69 Å². The van der Waals surface area contributed by atoms with Crippen molar-refractivity contribution in [2.24, 2.45) is 7.05 Å². The van der Waals surface area contributed by atoms with Crippen molar-refractivity contribution in [3.63, 3.8) is 0 Å². The highest BCUT2D eigenvalue weighted by Crippen LogP contribution is 2.46. The lowest BCUT2D eigenvalue weighted by atomic mass is 10.1. The van der Waals surface area contributed by atoms with E-state index in [9.17, 15) is 49.1 Å². The van der Waals surface area contributed by atoms with Crippen molar-refractivity contribution in [2.75, 3.05) is 18.6 Å². The van der Waals surface area contributed by atoms with Gasteiger partial charge in [-0.1, -0.05) is 11.6 Å². The van der Waals surface area contributed by atoms with Gasteiger partial charge in [-0.3, -0.25) is 14.3 Å². The molecule has 200 valence electrons. The van der Waals surface area contributed by atoms with Gasteiger partial charge in [0.05, 0.1) is 28.9 Å². The predicted octanol–water partition coefficient (Wildman–Crippen LogP) is 5.16. The first-order valence-corrected chi connectivity index (χ1v) is 9.84. The van der Waals surface area contributed by atoms with Gasteiger partial charge in [0.25, 0.3) is 5.56 Å². The van der Waals surface area contributed by atoms with Crippen molar-refractivity contribution >= 4 is 29.2 Å². The fourth-order valence-electron chi connectivity index (χ4n) is 2.89. The first-order chi connectivity index (χ1) is 16.3. The van der Waals surface area contributed by atoms with E-state index in [1.807, 2.05) is 0 Å². The number of alkyl halides is 9. The normalized spacial score (nSPS) is 13.5. The van der Waals surface area contributed by atoms with E-state index in [1.54, 1.807) is 0 Å². The van der Waals surface area contributed by atoms with Crippen LogP contribution in [-0.4, -0.2) is 35.5 Å². The summed E-state index contributed by atoms with van der Waals surface area (Å²) in [7, 11) is 1.57. The maximum atomic E-state index is 13.6. The number of aromatic nitrogens is 2. The van der Waals surface area contributed by atoms with Gasteiger partial charge in [0, 0.05) is 19.7 Å². The van der Waals surface area contributed by atoms with Gasteiger partial charge in [-0.15, -0.1) is 0 Å². The van der Waals surface area contributed by atoms with Gasteiger partial charge >= 0.3 is 24.5 Å². The number of carbonyl (C=O) groups is 1. The summed E-state index contributed by atoms with van der Waals surface area (Å²) in [6.07, 6.45) is -18.5. The number of halogens is 10. The van der Waals surface area contributed by atoms with E-state index >= 15 is 0 Å². The number of esters is 1. The van der Waals surface area contributed by atoms with Crippen LogP contribution in [0.15, 0.2) is 23.0 Å². The quantitative estimate of drug-likeness (QED) is 0.278. The summed E-state index contributed by atoms with van der Waals surface area (Å²) in [6, 6.07) is -0.250. The maximum absolute atomic E-state index is 13.6. The Kier molecular flexibility index (Phi) is 8.25. The molecule has 2 rings (SSSR count). The molecule has 1 atom stereocenters. The summed E-state index contributed by atoms with van der Waals surface area (Å²) in [6.45, 7) is 0.813. The SMILES string of the molecule is CCOC(C(=O)OC)N(c1cc(C(F)(F)F)cc(C(F)(F)F)c1Cl)c1nc(C(F)(F)F)cc(=O)n1C. The van der Waals surface area contributed by atoms with Gasteiger partial charge < -0.3 is 9.47 Å². The Balaban J connectivity index is 3.12. The van der Waals surface area contributed by atoms with E-state index in [0.717, 1.165) is 14.2 Å². The molecule has 0 N–H and O–H groups in total. The fraction of sp³-hybridized carbons (Fsp3) is 0.421. The molecule has 0 aliphatic carbocycles. The summed E-state index contributed by atoms with van der Waals surface area (Å²) in [4.78, 5) is 28.0. The zero-order valence-electron chi connectivity index (χ0n) is 18.3. The Morgan fingerprint density at radius 1 is 1.06 bits per heavy atom. The topological polar surface area (TPSA) is 73.7 Å². The largest absolute Gasteiger partial charge is 0.466 e. The molecule has 0 fully saturated rings. The van der Waals surface area contributed by atoms with E-state index in [4.69, 9.17) is 16.3 Å². The third-order valence-electron chi connectivity index (χ3n) is 4.52. The summed E-state index contributed by atoms with van der Waals surface area (Å²) >= 11 is 5.80. The minimum Gasteiger partial charge on any atom is -0.466 e. The molecule has 0 saturated carbocycles. The molecular formula is C19H15ClF9N3O4. The van der Waals surface area contributed by atoms with Crippen LogP contribution in [0.1, 0.15) is 23.7 Å². The second-order valence-corrected chi connectivity index (χ2v) is 7.27. The van der Waals surface area contributed by atoms with E-state index in [2.05, 4.69) is 9.72 Å². The zero-order chi connectivity index (χ0) is 27.8. The standard InChI is InChI=1S/C19H15ClF9N3O4/c1-4-36-14(15(34)35-3)32(16-30-11(19(27,28)29)7-12(33)31(16)2)10-6-8(17(21,22)23)5-9(13(10)20)18(24,25)26/h5-7,14H,4H2,1-3H3. The average molecular weight is 556 g/mol. The van der Waals surface area contributed by atoms with Crippen molar-refractivity contribution in [2.45, 2.75) is 31.7 Å². The minimum absolute atomic E-state index is 0.0321. The summed E-state index contributed by atoms with van der Waals surface area (Å²) < 4.78 is 131. The lowest BCUT2D eigenvalue weighted by molar-refractivity contribution is -0.153. The Morgan fingerprint density at radius 2 is 1.64 bits per heavy atom. The van der Waals surface area contributed by atoms with Crippen LogP contribution in [0.25, 0.3) is 0 Å². The Hall–Kier alpha value is -3.01. The van der Waals surface area contributed by atoms with Crippen LogP contribution >= 0.6 is 11.6 Å². The highest BCUT2D eigenvalue weighted by molar-refractivity contribution is 6.34. The molecule has 17 heteroatoms. The van der Waals surface area contributed by atoms with Crippen molar-refractivity contribution < 1.29 is 53.8 Å². The molecule has 0 aliphatic heterocycles. The Morgan fingerprint density at radius 3 is 2.08 bits per heavy atom. The third kappa shape index (κ3) is 6.03. The number of carbonyl (C=O) groups excluding carboxylic acids is 1. The molecule has 2 aromatic rings. The molecule has 0 saturated heterocycles. The summed E-state index contributed by atoms with van der Waals surface area (Å²) in [5, 5.41) is -1.45. The molecular weight excluding hydrogens is 541 g/mol. The average Bonchev–Trinajstić information content (AvgIpc) is 2.73. The van der Waals surface area contributed by atoms with Crippen molar-refractivity contribution in [1.29, 1.82) is 0 Å². The zero-order valence-corrected chi connectivity index (χ0v) is 19.0. The lowest BCUT2D eigenvalue weighted by Crippen LogP contribution is -2.44. The van der Waals surface area contributed by atoms with Crippen molar-refractivity contribution in [1.82, 2.24) is 9.55 Å². The molecule has 1 aromatic heterocycles. The van der Waals surface area contributed by atoms with Crippen LogP contribution in [0, 0.1) is 0 Å². The van der Waals surface area contributed by atoms with Gasteiger partial charge in [-0.05, 0) is 19.1 Å². The van der Waals surface area contributed by atoms with Crippen molar-refractivity contribution in [3.05, 3.63) is 50.4 Å². The highest BCUT2D eigenvalue weighted by Gasteiger charge is 2.43. The van der Waals surface area contributed by atoms with E-state index in [0.29, 0.717) is 4.57 Å². The van der Waals surface area contributed by atoms with Crippen LogP contribution in [0.4, 0.5) is 51.1 Å². The smallest absolute Gasteiger partial charge is 0.433 e. The predicted molar refractivity (Wildman–Crippen MR) is 106 cm³/mol. The lowest BCUT2D eigenvalue weighted by Gasteiger charge is -2.33. The molecule has 0 spiro atoms. The third-order valence-corrected chi connectivity index (χ3v) is 4.92. The summed E-state index contributed by atoms with van der Waals surface area (Å²) in [5.41, 5.74) is -8.52. The molecule has 1 aromatic carbocycles. The molecule has 36 heavy (non-hydrogen) atoms. The first kappa shape index (κ1) is 29.2. The second-order valence-electron chi connectivity index (χ2n) is 6.89. The molecule has 0 bridgehead atoms. The number of methoxy groups -OCH3 is 1. The Bertz CT molecular complexity index is 1190. The van der Waals surface area contributed by atoms with E-state index in [1.165, 1.54) is 6.92 Å². The number of rotatable bonds is 6. The van der Waals surface area contributed by atoms with E-state index in [-0.39, 0.29) is 23.1 Å². The monoisotopic (exact) mass is 555 g/mol. The molecule has 0 radical (unpaired) electrons. The molecule has 1 unspecified atom stereocenters. The second kappa shape index (κ2) is 10.2. The molecule has 7 nitrogen and oxygen atoms in total. The van der Waals surface area contributed by atoms with Crippen LogP contribution in [0.2, 0.25) is 5.02 Å². The molecule has 0 amide bonds. The van der Waals surface area contributed by atoms with Crippen LogP contribution in [-0.2, 0) is 39.8 Å².